The van der Waals surface area contributed by atoms with Gasteiger partial charge in [-0.05, 0) is 36.1 Å². The number of nitrogens with one attached hydrogen (secondary N) is 3. The summed E-state index contributed by atoms with van der Waals surface area (Å²) in [5.74, 6) is 0.483. The average molecular weight is 414 g/mol. The molecule has 0 aliphatic heterocycles. The van der Waals surface area contributed by atoms with Crippen LogP contribution < -0.4 is 5.32 Å². The predicted octanol–water partition coefficient (Wildman–Crippen LogP) is 4.76. The molecule has 0 bridgehead atoms. The van der Waals surface area contributed by atoms with E-state index in [4.69, 9.17) is 4.98 Å². The molecule has 3 aromatic carbocycles. The number of benzene rings is 3. The lowest BCUT2D eigenvalue weighted by Gasteiger charge is -2.09. The summed E-state index contributed by atoms with van der Waals surface area (Å²) in [6, 6.07) is 21.5. The zero-order chi connectivity index (χ0) is 20.5. The SMILES string of the molecule is CSc1ccccc1CNC(=O)c1cccc2[nH]c(-c3n[nH]c4ccccc34)nc12. The van der Waals surface area contributed by atoms with Gasteiger partial charge in [0.1, 0.15) is 11.2 Å². The minimum Gasteiger partial charge on any atom is -0.348 e. The smallest absolute Gasteiger partial charge is 0.253 e. The maximum Gasteiger partial charge on any atom is 0.253 e. The molecule has 7 heteroatoms. The largest absolute Gasteiger partial charge is 0.348 e. The summed E-state index contributed by atoms with van der Waals surface area (Å²) in [7, 11) is 0. The molecule has 0 fully saturated rings. The van der Waals surface area contributed by atoms with Gasteiger partial charge in [0, 0.05) is 16.8 Å². The summed E-state index contributed by atoms with van der Waals surface area (Å²) in [6.07, 6.45) is 2.03. The quantitative estimate of drug-likeness (QED) is 0.363. The zero-order valence-electron chi connectivity index (χ0n) is 16.3. The van der Waals surface area contributed by atoms with Gasteiger partial charge in [0.25, 0.3) is 5.91 Å². The van der Waals surface area contributed by atoms with Crippen molar-refractivity contribution in [2.24, 2.45) is 0 Å². The molecule has 3 N–H and O–H groups in total. The molecular weight excluding hydrogens is 394 g/mol. The van der Waals surface area contributed by atoms with Gasteiger partial charge in [0.05, 0.1) is 16.6 Å². The second-order valence-corrected chi connectivity index (χ2v) is 7.75. The van der Waals surface area contributed by atoms with Gasteiger partial charge in [0.15, 0.2) is 5.82 Å². The third-order valence-corrected chi connectivity index (χ3v) is 5.92. The van der Waals surface area contributed by atoms with Crippen molar-refractivity contribution in [3.05, 3.63) is 77.9 Å². The van der Waals surface area contributed by atoms with Crippen molar-refractivity contribution in [3.63, 3.8) is 0 Å². The Morgan fingerprint density at radius 1 is 1.00 bits per heavy atom. The Morgan fingerprint density at radius 3 is 2.70 bits per heavy atom. The van der Waals surface area contributed by atoms with Gasteiger partial charge in [-0.15, -0.1) is 11.8 Å². The first-order valence-electron chi connectivity index (χ1n) is 9.57. The van der Waals surface area contributed by atoms with Crippen molar-refractivity contribution in [1.82, 2.24) is 25.5 Å². The van der Waals surface area contributed by atoms with E-state index >= 15 is 0 Å². The maximum absolute atomic E-state index is 12.9. The molecule has 30 heavy (non-hydrogen) atoms. The average Bonchev–Trinajstić information content (AvgIpc) is 3.41. The number of carbonyl (C=O) groups excluding carboxylic acids is 1. The molecule has 6 nitrogen and oxygen atoms in total. The Kier molecular flexibility index (Phi) is 4.72. The van der Waals surface area contributed by atoms with Crippen LogP contribution in [0.15, 0.2) is 71.6 Å². The maximum atomic E-state index is 12.9. The normalized spacial score (nSPS) is 11.2. The van der Waals surface area contributed by atoms with Gasteiger partial charge in [-0.25, -0.2) is 4.98 Å². The van der Waals surface area contributed by atoms with Crippen LogP contribution in [-0.4, -0.2) is 32.3 Å². The van der Waals surface area contributed by atoms with Gasteiger partial charge in [-0.3, -0.25) is 9.89 Å². The Bertz CT molecular complexity index is 1370. The van der Waals surface area contributed by atoms with Gasteiger partial charge in [-0.1, -0.05) is 42.5 Å². The van der Waals surface area contributed by atoms with E-state index in [1.165, 1.54) is 0 Å². The molecule has 148 valence electrons. The van der Waals surface area contributed by atoms with E-state index in [1.807, 2.05) is 60.9 Å². The van der Waals surface area contributed by atoms with Crippen LogP contribution in [0.2, 0.25) is 0 Å². The number of carbonyl (C=O) groups is 1. The first kappa shape index (κ1) is 18.4. The molecule has 0 spiro atoms. The molecule has 5 rings (SSSR count). The molecule has 5 aromatic rings. The molecule has 2 heterocycles. The highest BCUT2D eigenvalue weighted by molar-refractivity contribution is 7.98. The van der Waals surface area contributed by atoms with Crippen LogP contribution in [-0.2, 0) is 6.54 Å². The number of fused-ring (bicyclic) bond motifs is 2. The van der Waals surface area contributed by atoms with Gasteiger partial charge >= 0.3 is 0 Å². The van der Waals surface area contributed by atoms with Gasteiger partial charge in [-0.2, -0.15) is 5.10 Å². The van der Waals surface area contributed by atoms with Crippen LogP contribution in [0.1, 0.15) is 15.9 Å². The van der Waals surface area contributed by atoms with Crippen LogP contribution in [0.5, 0.6) is 0 Å². The molecule has 0 aliphatic rings. The van der Waals surface area contributed by atoms with Crippen LogP contribution in [0.25, 0.3) is 33.5 Å². The number of rotatable bonds is 5. The molecule has 0 radical (unpaired) electrons. The van der Waals surface area contributed by atoms with E-state index < -0.39 is 0 Å². The molecule has 0 saturated heterocycles. The van der Waals surface area contributed by atoms with E-state index in [2.05, 4.69) is 26.6 Å². The number of H-pyrrole nitrogens is 2. The number of hydrogen-bond donors (Lipinski definition) is 3. The Hall–Kier alpha value is -3.58. The van der Waals surface area contributed by atoms with Crippen molar-refractivity contribution in [3.8, 4) is 11.5 Å². The molecule has 0 atom stereocenters. The first-order chi connectivity index (χ1) is 14.7. The fourth-order valence-corrected chi connectivity index (χ4v) is 4.21. The van der Waals surface area contributed by atoms with E-state index in [9.17, 15) is 4.79 Å². The number of imidazole rings is 1. The molecular formula is C23H19N5OS. The highest BCUT2D eigenvalue weighted by Crippen LogP contribution is 2.27. The van der Waals surface area contributed by atoms with Crippen LogP contribution >= 0.6 is 11.8 Å². The minimum absolute atomic E-state index is 0.151. The highest BCUT2D eigenvalue weighted by atomic mass is 32.2. The Labute approximate surface area is 177 Å². The zero-order valence-corrected chi connectivity index (χ0v) is 17.1. The van der Waals surface area contributed by atoms with Crippen molar-refractivity contribution in [1.29, 1.82) is 0 Å². The van der Waals surface area contributed by atoms with E-state index in [1.54, 1.807) is 17.8 Å². The second-order valence-electron chi connectivity index (χ2n) is 6.90. The third-order valence-electron chi connectivity index (χ3n) is 5.08. The number of para-hydroxylation sites is 2. The van der Waals surface area contributed by atoms with Crippen molar-refractivity contribution in [2.45, 2.75) is 11.4 Å². The lowest BCUT2D eigenvalue weighted by atomic mass is 10.1. The van der Waals surface area contributed by atoms with Gasteiger partial charge in [0.2, 0.25) is 0 Å². The summed E-state index contributed by atoms with van der Waals surface area (Å²) < 4.78 is 0. The van der Waals surface area contributed by atoms with E-state index in [0.717, 1.165) is 32.6 Å². The summed E-state index contributed by atoms with van der Waals surface area (Å²) >= 11 is 1.67. The number of thioether (sulfide) groups is 1. The number of aromatic nitrogens is 4. The summed E-state index contributed by atoms with van der Waals surface area (Å²) in [5.41, 5.74) is 4.75. The number of amides is 1. The first-order valence-corrected chi connectivity index (χ1v) is 10.8. The lowest BCUT2D eigenvalue weighted by Crippen LogP contribution is -2.23. The Morgan fingerprint density at radius 2 is 1.80 bits per heavy atom. The van der Waals surface area contributed by atoms with Crippen molar-refractivity contribution < 1.29 is 4.79 Å². The fraction of sp³-hybridized carbons (Fsp3) is 0.0870. The Balaban J connectivity index is 1.47. The highest BCUT2D eigenvalue weighted by Gasteiger charge is 2.17. The molecule has 2 aromatic heterocycles. The number of nitrogens with zero attached hydrogens (tertiary/aromatic N) is 2. The second kappa shape index (κ2) is 7.68. The lowest BCUT2D eigenvalue weighted by molar-refractivity contribution is 0.0952. The third kappa shape index (κ3) is 3.23. The fourth-order valence-electron chi connectivity index (χ4n) is 3.59. The molecule has 0 unspecified atom stereocenters. The molecule has 0 aliphatic carbocycles. The van der Waals surface area contributed by atoms with Crippen LogP contribution in [0.3, 0.4) is 0 Å². The summed E-state index contributed by atoms with van der Waals surface area (Å²) in [6.45, 7) is 0.466. The predicted molar refractivity (Wildman–Crippen MR) is 121 cm³/mol. The van der Waals surface area contributed by atoms with E-state index in [-0.39, 0.29) is 5.91 Å². The number of aromatic amines is 2. The van der Waals surface area contributed by atoms with Crippen molar-refractivity contribution in [2.75, 3.05) is 6.26 Å². The molecule has 1 amide bonds. The monoisotopic (exact) mass is 413 g/mol. The number of hydrogen-bond acceptors (Lipinski definition) is 4. The van der Waals surface area contributed by atoms with Crippen LogP contribution in [0, 0.1) is 0 Å². The topological polar surface area (TPSA) is 86.5 Å². The summed E-state index contributed by atoms with van der Waals surface area (Å²) in [4.78, 5) is 22.1. The summed E-state index contributed by atoms with van der Waals surface area (Å²) in [5, 5.41) is 11.4. The van der Waals surface area contributed by atoms with Crippen LogP contribution in [0.4, 0.5) is 0 Å². The minimum atomic E-state index is -0.151. The van der Waals surface area contributed by atoms with Crippen molar-refractivity contribution >= 4 is 39.6 Å². The van der Waals surface area contributed by atoms with E-state index in [0.29, 0.717) is 23.4 Å². The standard InChI is InChI=1S/C23H19N5OS/c1-30-19-12-5-2-7-14(19)13-24-23(29)16-9-6-11-18-20(16)26-22(25-18)21-15-8-3-4-10-17(15)27-28-21/h2-12H,13H2,1H3,(H,24,29)(H,25,26)(H,27,28). The molecule has 0 saturated carbocycles. The van der Waals surface area contributed by atoms with Gasteiger partial charge < -0.3 is 10.3 Å².